The Kier molecular flexibility index (Phi) is 4.39. The van der Waals surface area contributed by atoms with E-state index in [0.29, 0.717) is 24.7 Å². The summed E-state index contributed by atoms with van der Waals surface area (Å²) < 4.78 is 13.9. The van der Waals surface area contributed by atoms with E-state index in [1.165, 1.54) is 6.07 Å². The molecule has 0 radical (unpaired) electrons. The number of para-hydroxylation sites is 1. The summed E-state index contributed by atoms with van der Waals surface area (Å²) in [6, 6.07) is 9.68. The van der Waals surface area contributed by atoms with Crippen molar-refractivity contribution in [2.75, 3.05) is 25.0 Å². The zero-order chi connectivity index (χ0) is 13.8. The molecule has 0 amide bonds. The Morgan fingerprint density at radius 2 is 2.16 bits per heavy atom. The molecule has 1 aliphatic rings. The first-order valence-corrected chi connectivity index (χ1v) is 6.72. The summed E-state index contributed by atoms with van der Waals surface area (Å²) in [4.78, 5) is 4.31. The average Bonchev–Trinajstić information content (AvgIpc) is 2.54. The Morgan fingerprint density at radius 3 is 2.84 bits per heavy atom. The molecule has 1 heterocycles. The number of hydrogen-bond donors (Lipinski definition) is 0. The van der Waals surface area contributed by atoms with Crippen molar-refractivity contribution in [3.63, 3.8) is 0 Å². The summed E-state index contributed by atoms with van der Waals surface area (Å²) in [7, 11) is 2.05. The number of likely N-dealkylation sites (N-methyl/N-ethyl adjacent to an activating group) is 1. The van der Waals surface area contributed by atoms with Crippen molar-refractivity contribution < 1.29 is 4.39 Å². The Labute approximate surface area is 114 Å². The Hall–Kier alpha value is -1.60. The Morgan fingerprint density at radius 1 is 1.42 bits per heavy atom. The molecule has 2 unspecified atom stereocenters. The molecule has 0 N–H and O–H groups in total. The van der Waals surface area contributed by atoms with Crippen molar-refractivity contribution in [1.29, 1.82) is 5.26 Å². The van der Waals surface area contributed by atoms with Crippen molar-refractivity contribution in [2.24, 2.45) is 0 Å². The number of rotatable bonds is 2. The van der Waals surface area contributed by atoms with Crippen LogP contribution in [0, 0.1) is 17.1 Å². The minimum absolute atomic E-state index is 0.155. The third kappa shape index (κ3) is 3.05. The van der Waals surface area contributed by atoms with Gasteiger partial charge in [0.25, 0.3) is 0 Å². The molecule has 2 rings (SSSR count). The van der Waals surface area contributed by atoms with Crippen LogP contribution in [0.2, 0.25) is 0 Å². The Balaban J connectivity index is 2.23. The number of anilines is 1. The molecule has 1 aromatic rings. The summed E-state index contributed by atoms with van der Waals surface area (Å²) in [5, 5.41) is 8.96. The van der Waals surface area contributed by atoms with Crippen molar-refractivity contribution in [3.8, 4) is 6.07 Å². The number of hydrogen-bond acceptors (Lipinski definition) is 3. The molecule has 4 heteroatoms. The highest BCUT2D eigenvalue weighted by Gasteiger charge is 2.27. The van der Waals surface area contributed by atoms with Gasteiger partial charge in [-0.1, -0.05) is 12.1 Å². The van der Waals surface area contributed by atoms with Crippen LogP contribution in [-0.4, -0.2) is 37.1 Å². The van der Waals surface area contributed by atoms with Crippen LogP contribution in [0.1, 0.15) is 19.8 Å². The molecule has 0 saturated carbocycles. The van der Waals surface area contributed by atoms with Crippen LogP contribution in [0.3, 0.4) is 0 Å². The smallest absolute Gasteiger partial charge is 0.146 e. The molecular weight excluding hydrogens is 241 g/mol. The fourth-order valence-electron chi connectivity index (χ4n) is 2.62. The zero-order valence-electron chi connectivity index (χ0n) is 11.5. The van der Waals surface area contributed by atoms with Crippen LogP contribution in [-0.2, 0) is 0 Å². The summed E-state index contributed by atoms with van der Waals surface area (Å²) in [5.74, 6) is -0.185. The highest BCUT2D eigenvalue weighted by Crippen LogP contribution is 2.24. The van der Waals surface area contributed by atoms with E-state index in [9.17, 15) is 4.39 Å². The van der Waals surface area contributed by atoms with Gasteiger partial charge in [0.1, 0.15) is 5.82 Å². The quantitative estimate of drug-likeness (QED) is 0.820. The van der Waals surface area contributed by atoms with Gasteiger partial charge in [-0.3, -0.25) is 4.90 Å². The molecule has 1 aromatic carbocycles. The summed E-state index contributed by atoms with van der Waals surface area (Å²) in [5.41, 5.74) is 0.646. The molecule has 19 heavy (non-hydrogen) atoms. The number of nitrogens with zero attached hydrogens (tertiary/aromatic N) is 3. The lowest BCUT2D eigenvalue weighted by Gasteiger charge is -2.30. The highest BCUT2D eigenvalue weighted by atomic mass is 19.1. The van der Waals surface area contributed by atoms with E-state index in [1.54, 1.807) is 6.07 Å². The van der Waals surface area contributed by atoms with Gasteiger partial charge in [-0.15, -0.1) is 0 Å². The molecule has 0 aliphatic carbocycles. The van der Waals surface area contributed by atoms with E-state index in [2.05, 4.69) is 29.8 Å². The minimum Gasteiger partial charge on any atom is -0.368 e. The van der Waals surface area contributed by atoms with E-state index in [4.69, 9.17) is 5.26 Å². The van der Waals surface area contributed by atoms with Gasteiger partial charge in [0.15, 0.2) is 0 Å². The first-order chi connectivity index (χ1) is 9.13. The zero-order valence-corrected chi connectivity index (χ0v) is 11.5. The lowest BCUT2D eigenvalue weighted by Crippen LogP contribution is -2.41. The van der Waals surface area contributed by atoms with Gasteiger partial charge in [0, 0.05) is 25.2 Å². The normalized spacial score (nSPS) is 24.8. The van der Waals surface area contributed by atoms with E-state index < -0.39 is 0 Å². The maximum absolute atomic E-state index is 13.9. The lowest BCUT2D eigenvalue weighted by atomic mass is 10.1. The van der Waals surface area contributed by atoms with Gasteiger partial charge in [0.2, 0.25) is 0 Å². The third-order valence-electron chi connectivity index (χ3n) is 4.04. The summed E-state index contributed by atoms with van der Waals surface area (Å²) in [6.07, 6.45) is 1.46. The molecule has 0 spiro atoms. The molecule has 1 saturated heterocycles. The maximum Gasteiger partial charge on any atom is 0.146 e. The number of nitriles is 1. The fraction of sp³-hybridized carbons (Fsp3) is 0.533. The van der Waals surface area contributed by atoms with E-state index >= 15 is 0 Å². The van der Waals surface area contributed by atoms with Crippen LogP contribution in [0.4, 0.5) is 10.1 Å². The molecular formula is C15H20FN3. The van der Waals surface area contributed by atoms with Crippen LogP contribution in [0.5, 0.6) is 0 Å². The summed E-state index contributed by atoms with van der Waals surface area (Å²) >= 11 is 0. The van der Waals surface area contributed by atoms with Gasteiger partial charge in [-0.05, 0) is 32.5 Å². The topological polar surface area (TPSA) is 30.3 Å². The second-order valence-corrected chi connectivity index (χ2v) is 5.22. The standard InChI is InChI=1S/C15H20FN3/c1-12-8-10-19(11-13(7-9-17)18(12)2)15-6-4-3-5-14(15)16/h3-6,12-13H,7-8,10-11H2,1-2H3. The number of benzene rings is 1. The minimum atomic E-state index is -0.185. The van der Waals surface area contributed by atoms with Crippen LogP contribution < -0.4 is 4.90 Å². The van der Waals surface area contributed by atoms with Crippen molar-refractivity contribution in [2.45, 2.75) is 31.8 Å². The van der Waals surface area contributed by atoms with Gasteiger partial charge in [0.05, 0.1) is 18.2 Å². The van der Waals surface area contributed by atoms with Crippen LogP contribution in [0.25, 0.3) is 0 Å². The first kappa shape index (κ1) is 13.8. The molecule has 1 fully saturated rings. The molecule has 0 aromatic heterocycles. The molecule has 0 bridgehead atoms. The molecule has 3 nitrogen and oxygen atoms in total. The predicted octanol–water partition coefficient (Wildman–Crippen LogP) is 2.64. The van der Waals surface area contributed by atoms with Crippen LogP contribution >= 0.6 is 0 Å². The second kappa shape index (κ2) is 6.03. The summed E-state index contributed by atoms with van der Waals surface area (Å²) in [6.45, 7) is 3.69. The SMILES string of the molecule is CC1CCN(c2ccccc2F)CC(CC#N)N1C. The highest BCUT2D eigenvalue weighted by molar-refractivity contribution is 5.48. The van der Waals surface area contributed by atoms with Gasteiger partial charge in [-0.2, -0.15) is 5.26 Å². The lowest BCUT2D eigenvalue weighted by molar-refractivity contribution is 0.199. The van der Waals surface area contributed by atoms with Gasteiger partial charge < -0.3 is 4.90 Å². The maximum atomic E-state index is 13.9. The molecule has 1 aliphatic heterocycles. The van der Waals surface area contributed by atoms with Crippen molar-refractivity contribution in [3.05, 3.63) is 30.1 Å². The van der Waals surface area contributed by atoms with Crippen molar-refractivity contribution in [1.82, 2.24) is 4.90 Å². The first-order valence-electron chi connectivity index (χ1n) is 6.72. The van der Waals surface area contributed by atoms with Gasteiger partial charge in [-0.25, -0.2) is 4.39 Å². The largest absolute Gasteiger partial charge is 0.368 e. The monoisotopic (exact) mass is 261 g/mol. The molecule has 102 valence electrons. The Bertz CT molecular complexity index is 469. The van der Waals surface area contributed by atoms with E-state index in [1.807, 2.05) is 12.1 Å². The average molecular weight is 261 g/mol. The predicted molar refractivity (Wildman–Crippen MR) is 74.5 cm³/mol. The second-order valence-electron chi connectivity index (χ2n) is 5.22. The van der Waals surface area contributed by atoms with Crippen LogP contribution in [0.15, 0.2) is 24.3 Å². The van der Waals surface area contributed by atoms with E-state index in [-0.39, 0.29) is 11.9 Å². The van der Waals surface area contributed by atoms with E-state index in [0.717, 1.165) is 13.0 Å². The molecule has 2 atom stereocenters. The number of halogens is 1. The fourth-order valence-corrected chi connectivity index (χ4v) is 2.62. The van der Waals surface area contributed by atoms with Gasteiger partial charge >= 0.3 is 0 Å². The van der Waals surface area contributed by atoms with Crippen molar-refractivity contribution >= 4 is 5.69 Å². The third-order valence-corrected chi connectivity index (χ3v) is 4.04.